The Morgan fingerprint density at radius 2 is 1.47 bits per heavy atom. The van der Waals surface area contributed by atoms with E-state index in [1.165, 1.54) is 21.3 Å². The van der Waals surface area contributed by atoms with Crippen LogP contribution in [0, 0.1) is 0 Å². The molecule has 9 heteroatoms. The summed E-state index contributed by atoms with van der Waals surface area (Å²) in [5.41, 5.74) is 2.78. The number of nitrogens with zero attached hydrogens (tertiary/aromatic N) is 2. The molecule has 4 aromatic rings. The van der Waals surface area contributed by atoms with Gasteiger partial charge in [0.1, 0.15) is 5.58 Å². The molecule has 1 aliphatic heterocycles. The van der Waals surface area contributed by atoms with Crippen LogP contribution in [-0.4, -0.2) is 64.2 Å². The van der Waals surface area contributed by atoms with Crippen LogP contribution in [0.1, 0.15) is 20.9 Å². The summed E-state index contributed by atoms with van der Waals surface area (Å²) < 4.78 is 21.8. The Labute approximate surface area is 220 Å². The van der Waals surface area contributed by atoms with Gasteiger partial charge in [-0.3, -0.25) is 9.59 Å². The number of amides is 2. The zero-order valence-corrected chi connectivity index (χ0v) is 21.5. The summed E-state index contributed by atoms with van der Waals surface area (Å²) in [4.78, 5) is 29.9. The van der Waals surface area contributed by atoms with Gasteiger partial charge in [0.2, 0.25) is 5.75 Å². The Morgan fingerprint density at radius 3 is 2.08 bits per heavy atom. The van der Waals surface area contributed by atoms with Gasteiger partial charge in [-0.2, -0.15) is 0 Å². The van der Waals surface area contributed by atoms with Gasteiger partial charge >= 0.3 is 0 Å². The van der Waals surface area contributed by atoms with Gasteiger partial charge in [0.15, 0.2) is 17.3 Å². The number of nitrogens with one attached hydrogen (secondary N) is 1. The molecule has 9 nitrogen and oxygen atoms in total. The molecule has 5 rings (SSSR count). The highest BCUT2D eigenvalue weighted by Gasteiger charge is 2.25. The van der Waals surface area contributed by atoms with Gasteiger partial charge in [0.25, 0.3) is 11.8 Å². The molecule has 0 atom stereocenters. The fraction of sp³-hybridized carbons (Fsp3) is 0.241. The molecule has 0 saturated carbocycles. The van der Waals surface area contributed by atoms with Crippen LogP contribution in [0.5, 0.6) is 17.2 Å². The number of hydrogen-bond acceptors (Lipinski definition) is 7. The zero-order chi connectivity index (χ0) is 26.6. The van der Waals surface area contributed by atoms with Crippen molar-refractivity contribution in [1.29, 1.82) is 0 Å². The van der Waals surface area contributed by atoms with Crippen LogP contribution < -0.4 is 24.4 Å². The molecule has 38 heavy (non-hydrogen) atoms. The van der Waals surface area contributed by atoms with Crippen LogP contribution in [-0.2, 0) is 0 Å². The minimum Gasteiger partial charge on any atom is -0.493 e. The van der Waals surface area contributed by atoms with Crippen molar-refractivity contribution < 1.29 is 28.2 Å². The molecule has 0 radical (unpaired) electrons. The van der Waals surface area contributed by atoms with Crippen molar-refractivity contribution in [1.82, 2.24) is 4.90 Å². The molecular weight excluding hydrogens is 486 g/mol. The molecule has 1 N–H and O–H groups in total. The van der Waals surface area contributed by atoms with Gasteiger partial charge in [-0.25, -0.2) is 0 Å². The first-order valence-corrected chi connectivity index (χ1v) is 12.2. The average Bonchev–Trinajstić information content (AvgIpc) is 3.41. The number of furan rings is 1. The largest absolute Gasteiger partial charge is 0.493 e. The van der Waals surface area contributed by atoms with Crippen LogP contribution in [0.25, 0.3) is 11.0 Å². The van der Waals surface area contributed by atoms with E-state index in [0.29, 0.717) is 66.0 Å². The van der Waals surface area contributed by atoms with Crippen LogP contribution in [0.2, 0.25) is 0 Å². The lowest BCUT2D eigenvalue weighted by Gasteiger charge is -2.35. The van der Waals surface area contributed by atoms with E-state index in [1.54, 1.807) is 18.2 Å². The van der Waals surface area contributed by atoms with E-state index in [-0.39, 0.29) is 11.8 Å². The van der Waals surface area contributed by atoms with Gasteiger partial charge in [0.05, 0.1) is 21.3 Å². The van der Waals surface area contributed by atoms with Crippen molar-refractivity contribution in [3.05, 3.63) is 78.1 Å². The van der Waals surface area contributed by atoms with Crippen molar-refractivity contribution in [3.8, 4) is 17.2 Å². The Hall–Kier alpha value is -4.66. The van der Waals surface area contributed by atoms with Crippen LogP contribution in [0.4, 0.5) is 11.4 Å². The van der Waals surface area contributed by atoms with E-state index in [4.69, 9.17) is 18.6 Å². The first kappa shape index (κ1) is 25.0. The molecule has 0 spiro atoms. The number of para-hydroxylation sites is 1. The molecule has 0 unspecified atom stereocenters. The van der Waals surface area contributed by atoms with Crippen molar-refractivity contribution >= 4 is 34.2 Å². The number of fused-ring (bicyclic) bond motifs is 1. The van der Waals surface area contributed by atoms with Crippen LogP contribution in [0.3, 0.4) is 0 Å². The minimum absolute atomic E-state index is 0.0919. The maximum Gasteiger partial charge on any atom is 0.289 e. The number of rotatable bonds is 7. The molecule has 0 aliphatic carbocycles. The Kier molecular flexibility index (Phi) is 7.08. The first-order chi connectivity index (χ1) is 18.5. The number of benzene rings is 3. The predicted octanol–water partition coefficient (Wildman–Crippen LogP) is 4.67. The zero-order valence-electron chi connectivity index (χ0n) is 21.5. The molecular formula is C29H29N3O6. The molecule has 1 aliphatic rings. The molecule has 2 heterocycles. The van der Waals surface area contributed by atoms with Gasteiger partial charge in [0, 0.05) is 48.5 Å². The molecule has 0 bridgehead atoms. The summed E-state index contributed by atoms with van der Waals surface area (Å²) in [7, 11) is 4.53. The van der Waals surface area contributed by atoms with Crippen molar-refractivity contribution in [2.45, 2.75) is 0 Å². The van der Waals surface area contributed by atoms with Crippen molar-refractivity contribution in [2.24, 2.45) is 0 Å². The SMILES string of the molecule is COc1cc(C(=O)Nc2ccc(N3CCN(C(=O)c4cc5ccccc5o4)CC3)cc2)cc(OC)c1OC. The molecule has 2 amide bonds. The summed E-state index contributed by atoms with van der Waals surface area (Å²) in [5.74, 6) is 1.22. The average molecular weight is 516 g/mol. The Morgan fingerprint density at radius 1 is 0.816 bits per heavy atom. The summed E-state index contributed by atoms with van der Waals surface area (Å²) >= 11 is 0. The van der Waals surface area contributed by atoms with Crippen molar-refractivity contribution in [2.75, 3.05) is 57.7 Å². The molecule has 196 valence electrons. The minimum atomic E-state index is -0.297. The number of carbonyl (C=O) groups is 2. The topological polar surface area (TPSA) is 93.5 Å². The lowest BCUT2D eigenvalue weighted by atomic mass is 10.1. The smallest absolute Gasteiger partial charge is 0.289 e. The number of piperazine rings is 1. The number of hydrogen-bond donors (Lipinski definition) is 1. The van der Waals surface area contributed by atoms with Gasteiger partial charge < -0.3 is 33.7 Å². The van der Waals surface area contributed by atoms with E-state index in [0.717, 1.165) is 11.1 Å². The highest BCUT2D eigenvalue weighted by Crippen LogP contribution is 2.38. The second-order valence-corrected chi connectivity index (χ2v) is 8.84. The van der Waals surface area contributed by atoms with E-state index >= 15 is 0 Å². The molecule has 1 fully saturated rings. The quantitative estimate of drug-likeness (QED) is 0.382. The number of carbonyl (C=O) groups excluding carboxylic acids is 2. The highest BCUT2D eigenvalue weighted by atomic mass is 16.5. The summed E-state index contributed by atoms with van der Waals surface area (Å²) in [5, 5.41) is 3.83. The third-order valence-corrected chi connectivity index (χ3v) is 6.62. The molecule has 3 aromatic carbocycles. The predicted molar refractivity (Wildman–Crippen MR) is 145 cm³/mol. The normalized spacial score (nSPS) is 13.3. The number of methoxy groups -OCH3 is 3. The second kappa shape index (κ2) is 10.8. The van der Waals surface area contributed by atoms with E-state index in [2.05, 4.69) is 10.2 Å². The lowest BCUT2D eigenvalue weighted by Crippen LogP contribution is -2.48. The van der Waals surface area contributed by atoms with E-state index < -0.39 is 0 Å². The third-order valence-electron chi connectivity index (χ3n) is 6.62. The fourth-order valence-corrected chi connectivity index (χ4v) is 4.58. The van der Waals surface area contributed by atoms with Crippen molar-refractivity contribution in [3.63, 3.8) is 0 Å². The standard InChI is InChI=1S/C29H29N3O6/c1-35-24-17-20(18-25(36-2)27(24)37-3)28(33)30-21-8-10-22(11-9-21)31-12-14-32(15-13-31)29(34)26-16-19-6-4-5-7-23(19)38-26/h4-11,16-18H,12-15H2,1-3H3,(H,30,33). The summed E-state index contributed by atoms with van der Waals surface area (Å²) in [6.07, 6.45) is 0. The number of ether oxygens (including phenoxy) is 3. The monoisotopic (exact) mass is 515 g/mol. The van der Waals surface area contributed by atoms with Gasteiger partial charge in [-0.15, -0.1) is 0 Å². The molecule has 1 aromatic heterocycles. The van der Waals surface area contributed by atoms with Crippen LogP contribution in [0.15, 0.2) is 71.1 Å². The molecule has 1 saturated heterocycles. The highest BCUT2D eigenvalue weighted by molar-refractivity contribution is 6.05. The fourth-order valence-electron chi connectivity index (χ4n) is 4.58. The maximum atomic E-state index is 12.9. The third kappa shape index (κ3) is 4.95. The van der Waals surface area contributed by atoms with E-state index in [9.17, 15) is 9.59 Å². The Balaban J connectivity index is 1.20. The Bertz CT molecular complexity index is 1400. The number of anilines is 2. The van der Waals surface area contributed by atoms with Gasteiger partial charge in [-0.1, -0.05) is 18.2 Å². The second-order valence-electron chi connectivity index (χ2n) is 8.84. The summed E-state index contributed by atoms with van der Waals surface area (Å²) in [6.45, 7) is 2.58. The van der Waals surface area contributed by atoms with E-state index in [1.807, 2.05) is 53.4 Å². The lowest BCUT2D eigenvalue weighted by molar-refractivity contribution is 0.0717. The first-order valence-electron chi connectivity index (χ1n) is 12.2. The van der Waals surface area contributed by atoms with Gasteiger partial charge in [-0.05, 0) is 48.5 Å². The van der Waals surface area contributed by atoms with Crippen LogP contribution >= 0.6 is 0 Å². The maximum absolute atomic E-state index is 12.9. The summed E-state index contributed by atoms with van der Waals surface area (Å²) in [6, 6.07) is 20.3.